The molecular weight excluding hydrogens is 231 g/mol. The summed E-state index contributed by atoms with van der Waals surface area (Å²) in [5, 5.41) is 10.8. The number of hydrogen-bond donors (Lipinski definition) is 1. The van der Waals surface area contributed by atoms with Gasteiger partial charge >= 0.3 is 0 Å². The van der Waals surface area contributed by atoms with E-state index in [9.17, 15) is 5.11 Å². The lowest BCUT2D eigenvalue weighted by molar-refractivity contribution is 0.231. The van der Waals surface area contributed by atoms with Gasteiger partial charge in [0, 0.05) is 15.5 Å². The van der Waals surface area contributed by atoms with Gasteiger partial charge < -0.3 is 5.11 Å². The summed E-state index contributed by atoms with van der Waals surface area (Å²) in [7, 11) is 0. The van der Waals surface area contributed by atoms with Crippen molar-refractivity contribution in [2.45, 2.75) is 25.7 Å². The van der Waals surface area contributed by atoms with Crippen LogP contribution >= 0.6 is 23.2 Å². The van der Waals surface area contributed by atoms with Crippen molar-refractivity contribution >= 4 is 23.2 Å². The molecule has 0 bridgehead atoms. The minimum atomic E-state index is -0.151. The van der Waals surface area contributed by atoms with Crippen molar-refractivity contribution < 1.29 is 5.11 Å². The molecule has 0 radical (unpaired) electrons. The minimum absolute atomic E-state index is 0.135. The molecule has 1 unspecified atom stereocenters. The van der Waals surface area contributed by atoms with E-state index in [1.54, 1.807) is 6.07 Å². The standard InChI is InChI=1S/C12H14Cl2O/c1-11(2)6-12(11,7-15)8-3-9(13)5-10(14)4-8/h3-5,15H,6-7H2,1-2H3. The van der Waals surface area contributed by atoms with Crippen LogP contribution in [0.5, 0.6) is 0 Å². The maximum absolute atomic E-state index is 9.54. The average molecular weight is 245 g/mol. The van der Waals surface area contributed by atoms with Crippen LogP contribution < -0.4 is 0 Å². The summed E-state index contributed by atoms with van der Waals surface area (Å²) in [6.07, 6.45) is 0.979. The van der Waals surface area contributed by atoms with E-state index in [2.05, 4.69) is 13.8 Å². The fraction of sp³-hybridized carbons (Fsp3) is 0.500. The first-order valence-electron chi connectivity index (χ1n) is 4.99. The lowest BCUT2D eigenvalue weighted by atomic mass is 9.89. The molecule has 1 N–H and O–H groups in total. The Morgan fingerprint density at radius 1 is 1.20 bits per heavy atom. The maximum atomic E-state index is 9.54. The molecule has 1 aliphatic rings. The summed E-state index contributed by atoms with van der Waals surface area (Å²) in [5.74, 6) is 0. The zero-order chi connectivity index (χ0) is 11.3. The van der Waals surface area contributed by atoms with E-state index in [0.717, 1.165) is 12.0 Å². The lowest BCUT2D eigenvalue weighted by Gasteiger charge is -2.18. The second-order valence-electron chi connectivity index (χ2n) is 4.96. The van der Waals surface area contributed by atoms with Crippen LogP contribution in [0.2, 0.25) is 10.0 Å². The third kappa shape index (κ3) is 1.67. The first-order valence-corrected chi connectivity index (χ1v) is 5.74. The number of benzene rings is 1. The Morgan fingerprint density at radius 2 is 1.67 bits per heavy atom. The number of aliphatic hydroxyl groups is 1. The number of halogens is 2. The van der Waals surface area contributed by atoms with Crippen molar-refractivity contribution in [2.24, 2.45) is 5.41 Å². The first kappa shape index (κ1) is 11.3. The van der Waals surface area contributed by atoms with Gasteiger partial charge in [-0.05, 0) is 35.6 Å². The highest BCUT2D eigenvalue weighted by molar-refractivity contribution is 6.34. The van der Waals surface area contributed by atoms with Crippen molar-refractivity contribution in [2.75, 3.05) is 6.61 Å². The number of rotatable bonds is 2. The van der Waals surface area contributed by atoms with Crippen molar-refractivity contribution in [3.05, 3.63) is 33.8 Å². The summed E-state index contributed by atoms with van der Waals surface area (Å²) < 4.78 is 0. The van der Waals surface area contributed by atoms with Gasteiger partial charge in [-0.2, -0.15) is 0 Å². The largest absolute Gasteiger partial charge is 0.395 e. The number of hydrogen-bond acceptors (Lipinski definition) is 1. The van der Waals surface area contributed by atoms with Crippen molar-refractivity contribution in [1.82, 2.24) is 0 Å². The molecule has 0 amide bonds. The summed E-state index contributed by atoms with van der Waals surface area (Å²) in [5.41, 5.74) is 1.03. The van der Waals surface area contributed by atoms with Crippen molar-refractivity contribution in [3.8, 4) is 0 Å². The molecule has 1 nitrogen and oxygen atoms in total. The highest BCUT2D eigenvalue weighted by atomic mass is 35.5. The van der Waals surface area contributed by atoms with Crippen LogP contribution in [0.15, 0.2) is 18.2 Å². The highest BCUT2D eigenvalue weighted by Crippen LogP contribution is 2.64. The molecule has 1 atom stereocenters. The number of aliphatic hydroxyl groups excluding tert-OH is 1. The van der Waals surface area contributed by atoms with Crippen molar-refractivity contribution in [1.29, 1.82) is 0 Å². The van der Waals surface area contributed by atoms with Crippen LogP contribution in [0, 0.1) is 5.41 Å². The predicted molar refractivity (Wildman–Crippen MR) is 63.6 cm³/mol. The molecule has 1 saturated carbocycles. The van der Waals surface area contributed by atoms with E-state index in [1.807, 2.05) is 12.1 Å². The molecule has 2 rings (SSSR count). The van der Waals surface area contributed by atoms with Gasteiger partial charge in [-0.25, -0.2) is 0 Å². The van der Waals surface area contributed by atoms with Gasteiger partial charge in [-0.1, -0.05) is 37.0 Å². The van der Waals surface area contributed by atoms with Gasteiger partial charge in [-0.3, -0.25) is 0 Å². The van der Waals surface area contributed by atoms with Gasteiger partial charge in [0.2, 0.25) is 0 Å². The first-order chi connectivity index (χ1) is 6.91. The Labute approximate surface area is 100 Å². The van der Waals surface area contributed by atoms with E-state index < -0.39 is 0 Å². The van der Waals surface area contributed by atoms with Crippen LogP contribution in [0.25, 0.3) is 0 Å². The third-order valence-corrected chi connectivity index (χ3v) is 4.04. The van der Waals surface area contributed by atoms with Gasteiger partial charge in [0.25, 0.3) is 0 Å². The summed E-state index contributed by atoms with van der Waals surface area (Å²) >= 11 is 11.9. The topological polar surface area (TPSA) is 20.2 Å². The normalized spacial score (nSPS) is 27.8. The fourth-order valence-electron chi connectivity index (χ4n) is 2.39. The Hall–Kier alpha value is -0.240. The van der Waals surface area contributed by atoms with Crippen LogP contribution in [-0.4, -0.2) is 11.7 Å². The van der Waals surface area contributed by atoms with Gasteiger partial charge in [0.15, 0.2) is 0 Å². The van der Waals surface area contributed by atoms with Crippen LogP contribution in [0.1, 0.15) is 25.8 Å². The Kier molecular flexibility index (Phi) is 2.53. The molecule has 0 spiro atoms. The second kappa shape index (κ2) is 3.38. The minimum Gasteiger partial charge on any atom is -0.395 e. The zero-order valence-corrected chi connectivity index (χ0v) is 10.4. The molecule has 82 valence electrons. The second-order valence-corrected chi connectivity index (χ2v) is 5.83. The summed E-state index contributed by atoms with van der Waals surface area (Å²) in [4.78, 5) is 0. The smallest absolute Gasteiger partial charge is 0.0533 e. The molecule has 1 aromatic carbocycles. The molecule has 0 heterocycles. The molecule has 15 heavy (non-hydrogen) atoms. The average Bonchev–Trinajstić information content (AvgIpc) is 2.68. The highest BCUT2D eigenvalue weighted by Gasteiger charge is 2.61. The SMILES string of the molecule is CC1(C)CC1(CO)c1cc(Cl)cc(Cl)c1. The monoisotopic (exact) mass is 244 g/mol. The summed E-state index contributed by atoms with van der Waals surface area (Å²) in [6, 6.07) is 5.52. The quantitative estimate of drug-likeness (QED) is 0.843. The van der Waals surface area contributed by atoms with E-state index in [0.29, 0.717) is 10.0 Å². The third-order valence-electron chi connectivity index (χ3n) is 3.60. The van der Waals surface area contributed by atoms with Gasteiger partial charge in [-0.15, -0.1) is 0 Å². The van der Waals surface area contributed by atoms with Crippen LogP contribution in [0.3, 0.4) is 0 Å². The van der Waals surface area contributed by atoms with Gasteiger partial charge in [0.05, 0.1) is 6.61 Å². The Balaban J connectivity index is 2.46. The van der Waals surface area contributed by atoms with Crippen LogP contribution in [0.4, 0.5) is 0 Å². The van der Waals surface area contributed by atoms with E-state index in [1.165, 1.54) is 0 Å². The molecule has 1 aromatic rings. The molecule has 0 aliphatic heterocycles. The molecule has 0 saturated heterocycles. The maximum Gasteiger partial charge on any atom is 0.0533 e. The Morgan fingerprint density at radius 3 is 2.00 bits per heavy atom. The van der Waals surface area contributed by atoms with Crippen molar-refractivity contribution in [3.63, 3.8) is 0 Å². The molecular formula is C12H14Cl2O. The van der Waals surface area contributed by atoms with Crippen LogP contribution in [-0.2, 0) is 5.41 Å². The summed E-state index contributed by atoms with van der Waals surface area (Å²) in [6.45, 7) is 4.45. The predicted octanol–water partition coefficient (Wildman–Crippen LogP) is 3.65. The molecule has 0 aromatic heterocycles. The van der Waals surface area contributed by atoms with E-state index >= 15 is 0 Å². The van der Waals surface area contributed by atoms with Gasteiger partial charge in [0.1, 0.15) is 0 Å². The Bertz CT molecular complexity index is 380. The fourth-order valence-corrected chi connectivity index (χ4v) is 2.92. The molecule has 1 aliphatic carbocycles. The lowest BCUT2D eigenvalue weighted by Crippen LogP contribution is -2.19. The molecule has 1 fully saturated rings. The molecule has 3 heteroatoms. The van der Waals surface area contributed by atoms with E-state index in [4.69, 9.17) is 23.2 Å². The van der Waals surface area contributed by atoms with E-state index in [-0.39, 0.29) is 17.4 Å². The zero-order valence-electron chi connectivity index (χ0n) is 8.85.